The second-order valence-corrected chi connectivity index (χ2v) is 5.99. The highest BCUT2D eigenvalue weighted by Crippen LogP contribution is 2.23. The van der Waals surface area contributed by atoms with Crippen LogP contribution in [0.3, 0.4) is 0 Å². The summed E-state index contributed by atoms with van der Waals surface area (Å²) < 4.78 is 43.1. The first-order valence-electron chi connectivity index (χ1n) is 5.85. The third-order valence-electron chi connectivity index (χ3n) is 2.71. The van der Waals surface area contributed by atoms with Gasteiger partial charge in [-0.15, -0.1) is 0 Å². The number of hydrogen-bond acceptors (Lipinski definition) is 3. The summed E-state index contributed by atoms with van der Waals surface area (Å²) in [6.45, 7) is 0. The number of ether oxygens (including phenoxy) is 1. The lowest BCUT2D eigenvalue weighted by Crippen LogP contribution is -2.02. The van der Waals surface area contributed by atoms with Crippen LogP contribution in [0.4, 0.5) is 4.39 Å². The summed E-state index contributed by atoms with van der Waals surface area (Å²) in [6, 6.07) is 11.7. The standard InChI is InChI=1S/C15H13FO3S/c1-19-10-9-12-11-14(7-8-15(12)16)20(17,18)13-5-3-2-4-6-13/h2-11H,1H3. The van der Waals surface area contributed by atoms with E-state index < -0.39 is 15.7 Å². The average Bonchev–Trinajstić information content (AvgIpc) is 2.47. The summed E-state index contributed by atoms with van der Waals surface area (Å²) in [4.78, 5) is 0.217. The molecule has 104 valence electrons. The van der Waals surface area contributed by atoms with E-state index in [0.29, 0.717) is 0 Å². The molecule has 2 aromatic carbocycles. The Morgan fingerprint density at radius 3 is 2.40 bits per heavy atom. The van der Waals surface area contributed by atoms with Crippen molar-refractivity contribution in [2.24, 2.45) is 0 Å². The maximum absolute atomic E-state index is 13.6. The summed E-state index contributed by atoms with van der Waals surface area (Å²) >= 11 is 0. The Balaban J connectivity index is 2.51. The van der Waals surface area contributed by atoms with Crippen molar-refractivity contribution in [2.45, 2.75) is 9.79 Å². The van der Waals surface area contributed by atoms with Crippen molar-refractivity contribution in [3.05, 3.63) is 66.2 Å². The van der Waals surface area contributed by atoms with E-state index in [1.165, 1.54) is 43.7 Å². The third-order valence-corrected chi connectivity index (χ3v) is 4.48. The summed E-state index contributed by atoms with van der Waals surface area (Å²) in [5.74, 6) is -0.509. The van der Waals surface area contributed by atoms with Gasteiger partial charge in [0.2, 0.25) is 9.84 Å². The fourth-order valence-electron chi connectivity index (χ4n) is 1.69. The molecule has 0 aromatic heterocycles. The van der Waals surface area contributed by atoms with E-state index in [1.54, 1.807) is 18.2 Å². The fraction of sp³-hybridized carbons (Fsp3) is 0.0667. The second kappa shape index (κ2) is 5.88. The molecule has 0 N–H and O–H groups in total. The topological polar surface area (TPSA) is 43.4 Å². The normalized spacial score (nSPS) is 11.7. The minimum absolute atomic E-state index is 0.0425. The van der Waals surface area contributed by atoms with Crippen LogP contribution in [0.2, 0.25) is 0 Å². The molecule has 5 heteroatoms. The molecule has 0 atom stereocenters. The smallest absolute Gasteiger partial charge is 0.206 e. The largest absolute Gasteiger partial charge is 0.504 e. The van der Waals surface area contributed by atoms with Crippen LogP contribution in [0.15, 0.2) is 64.6 Å². The van der Waals surface area contributed by atoms with Crippen LogP contribution < -0.4 is 0 Å². The zero-order chi connectivity index (χ0) is 14.6. The Hall–Kier alpha value is -2.14. The summed E-state index contributed by atoms with van der Waals surface area (Å²) in [5.41, 5.74) is 0.156. The van der Waals surface area contributed by atoms with Gasteiger partial charge in [-0.1, -0.05) is 18.2 Å². The highest BCUT2D eigenvalue weighted by Gasteiger charge is 2.18. The second-order valence-electron chi connectivity index (χ2n) is 4.04. The van der Waals surface area contributed by atoms with Gasteiger partial charge in [0.15, 0.2) is 0 Å². The van der Waals surface area contributed by atoms with Crippen molar-refractivity contribution in [1.82, 2.24) is 0 Å². The van der Waals surface area contributed by atoms with Gasteiger partial charge >= 0.3 is 0 Å². The molecule has 20 heavy (non-hydrogen) atoms. The first-order valence-corrected chi connectivity index (χ1v) is 7.33. The SMILES string of the molecule is COC=Cc1cc(S(=O)(=O)c2ccccc2)ccc1F. The molecule has 0 aliphatic heterocycles. The van der Waals surface area contributed by atoms with Gasteiger partial charge in [-0.05, 0) is 36.4 Å². The fourth-order valence-corrected chi connectivity index (χ4v) is 3.01. The number of rotatable bonds is 4. The average molecular weight is 292 g/mol. The van der Waals surface area contributed by atoms with Crippen LogP contribution in [0.1, 0.15) is 5.56 Å². The molecule has 0 radical (unpaired) electrons. The predicted octanol–water partition coefficient (Wildman–Crippen LogP) is 3.28. The van der Waals surface area contributed by atoms with Crippen LogP contribution in [-0.4, -0.2) is 15.5 Å². The monoisotopic (exact) mass is 292 g/mol. The van der Waals surface area contributed by atoms with E-state index in [-0.39, 0.29) is 15.4 Å². The Morgan fingerprint density at radius 1 is 1.05 bits per heavy atom. The summed E-state index contributed by atoms with van der Waals surface area (Å²) in [7, 11) is -2.22. The van der Waals surface area contributed by atoms with Crippen LogP contribution in [0.5, 0.6) is 0 Å². The molecule has 0 aliphatic rings. The van der Waals surface area contributed by atoms with Crippen molar-refractivity contribution in [3.63, 3.8) is 0 Å². The van der Waals surface area contributed by atoms with Gasteiger partial charge in [-0.25, -0.2) is 12.8 Å². The molecule has 0 fully saturated rings. The van der Waals surface area contributed by atoms with E-state index in [1.807, 2.05) is 0 Å². The highest BCUT2D eigenvalue weighted by atomic mass is 32.2. The zero-order valence-corrected chi connectivity index (χ0v) is 11.6. The Kier molecular flexibility index (Phi) is 4.20. The molecule has 0 unspecified atom stereocenters. The van der Waals surface area contributed by atoms with Crippen molar-refractivity contribution >= 4 is 15.9 Å². The molecule has 2 aromatic rings. The molecule has 0 spiro atoms. The lowest BCUT2D eigenvalue weighted by molar-refractivity contribution is 0.341. The van der Waals surface area contributed by atoms with Crippen molar-refractivity contribution in [3.8, 4) is 0 Å². The van der Waals surface area contributed by atoms with E-state index >= 15 is 0 Å². The molecular weight excluding hydrogens is 279 g/mol. The van der Waals surface area contributed by atoms with Gasteiger partial charge in [0.05, 0.1) is 23.2 Å². The molecule has 0 amide bonds. The molecule has 0 saturated carbocycles. The number of benzene rings is 2. The van der Waals surface area contributed by atoms with Crippen LogP contribution in [-0.2, 0) is 14.6 Å². The molecule has 0 heterocycles. The van der Waals surface area contributed by atoms with Gasteiger partial charge in [-0.3, -0.25) is 0 Å². The van der Waals surface area contributed by atoms with Crippen molar-refractivity contribution in [1.29, 1.82) is 0 Å². The van der Waals surface area contributed by atoms with Gasteiger partial charge in [-0.2, -0.15) is 0 Å². The minimum atomic E-state index is -3.64. The van der Waals surface area contributed by atoms with Gasteiger partial charge < -0.3 is 4.74 Å². The van der Waals surface area contributed by atoms with Gasteiger partial charge in [0.1, 0.15) is 5.82 Å². The highest BCUT2D eigenvalue weighted by molar-refractivity contribution is 7.91. The summed E-state index contributed by atoms with van der Waals surface area (Å²) in [5, 5.41) is 0. The quantitative estimate of drug-likeness (QED) is 0.641. The van der Waals surface area contributed by atoms with Crippen molar-refractivity contribution < 1.29 is 17.5 Å². The number of methoxy groups -OCH3 is 1. The van der Waals surface area contributed by atoms with E-state index in [9.17, 15) is 12.8 Å². The molecule has 0 bridgehead atoms. The van der Waals surface area contributed by atoms with Gasteiger partial charge in [0, 0.05) is 5.56 Å². The maximum atomic E-state index is 13.6. The minimum Gasteiger partial charge on any atom is -0.504 e. The number of halogens is 1. The van der Waals surface area contributed by atoms with E-state index in [0.717, 1.165) is 6.07 Å². The van der Waals surface area contributed by atoms with Crippen LogP contribution in [0, 0.1) is 5.82 Å². The molecule has 3 nitrogen and oxygen atoms in total. The maximum Gasteiger partial charge on any atom is 0.206 e. The number of sulfone groups is 1. The van der Waals surface area contributed by atoms with Crippen molar-refractivity contribution in [2.75, 3.05) is 7.11 Å². The predicted molar refractivity (Wildman–Crippen MR) is 74.3 cm³/mol. The zero-order valence-electron chi connectivity index (χ0n) is 10.8. The first-order chi connectivity index (χ1) is 9.55. The van der Waals surface area contributed by atoms with Gasteiger partial charge in [0.25, 0.3) is 0 Å². The third kappa shape index (κ3) is 2.88. The Labute approximate surface area is 117 Å². The lowest BCUT2D eigenvalue weighted by atomic mass is 10.2. The summed E-state index contributed by atoms with van der Waals surface area (Å²) in [6.07, 6.45) is 2.66. The Bertz CT molecular complexity index is 722. The van der Waals surface area contributed by atoms with Crippen LogP contribution in [0.25, 0.3) is 6.08 Å². The molecule has 0 aliphatic carbocycles. The Morgan fingerprint density at radius 2 is 1.75 bits per heavy atom. The number of hydrogen-bond donors (Lipinski definition) is 0. The van der Waals surface area contributed by atoms with E-state index in [4.69, 9.17) is 4.74 Å². The molecule has 0 saturated heterocycles. The lowest BCUT2D eigenvalue weighted by Gasteiger charge is -2.06. The first kappa shape index (κ1) is 14.3. The van der Waals surface area contributed by atoms with E-state index in [2.05, 4.69) is 0 Å². The van der Waals surface area contributed by atoms with Crippen LogP contribution >= 0.6 is 0 Å². The molecular formula is C15H13FO3S. The molecule has 2 rings (SSSR count).